The van der Waals surface area contributed by atoms with Crippen molar-refractivity contribution in [2.24, 2.45) is 0 Å². The second kappa shape index (κ2) is 11.0. The summed E-state index contributed by atoms with van der Waals surface area (Å²) in [5.41, 5.74) is 2.59. The van der Waals surface area contributed by atoms with Crippen molar-refractivity contribution >= 4 is 5.91 Å². The van der Waals surface area contributed by atoms with Gasteiger partial charge in [-0.3, -0.25) is 9.69 Å². The fourth-order valence-electron chi connectivity index (χ4n) is 5.39. The van der Waals surface area contributed by atoms with Crippen LogP contribution in [0.5, 0.6) is 5.75 Å². The van der Waals surface area contributed by atoms with Crippen LogP contribution in [-0.4, -0.2) is 30.0 Å². The Morgan fingerprint density at radius 2 is 1.68 bits per heavy atom. The summed E-state index contributed by atoms with van der Waals surface area (Å²) in [6.45, 7) is 1.10. The Hall–Kier alpha value is -3.32. The molecule has 1 fully saturated rings. The highest BCUT2D eigenvalue weighted by Crippen LogP contribution is 2.39. The molecule has 2 aliphatic rings. The Balaban J connectivity index is 1.49. The minimum absolute atomic E-state index is 0.0444. The van der Waals surface area contributed by atoms with E-state index in [1.54, 1.807) is 0 Å². The van der Waals surface area contributed by atoms with E-state index >= 15 is 0 Å². The zero-order valence-electron chi connectivity index (χ0n) is 20.6. The standard InChI is InChI=1S/C30H31F3N2O2/c31-30(32,33)24-14-15-27-26(19-24)28(29(36)34-25-12-5-2-6-13-25)35(16-17-37-27)20-21-8-7-11-23(18-21)22-9-3-1-4-10-22/h1,3-4,7-11,14-15,18-19,25,28H,2,5-6,12-13,16-17,20H2,(H,34,36). The van der Waals surface area contributed by atoms with Crippen LogP contribution in [0.4, 0.5) is 13.2 Å². The molecule has 194 valence electrons. The maximum Gasteiger partial charge on any atom is 0.416 e. The van der Waals surface area contributed by atoms with Crippen LogP contribution in [0.1, 0.15) is 54.8 Å². The van der Waals surface area contributed by atoms with E-state index in [1.807, 2.05) is 53.4 Å². The van der Waals surface area contributed by atoms with Crippen LogP contribution in [0.15, 0.2) is 72.8 Å². The van der Waals surface area contributed by atoms with Gasteiger partial charge in [0, 0.05) is 24.7 Å². The first-order valence-corrected chi connectivity index (χ1v) is 12.9. The Morgan fingerprint density at radius 1 is 0.919 bits per heavy atom. The zero-order valence-corrected chi connectivity index (χ0v) is 20.6. The summed E-state index contributed by atoms with van der Waals surface area (Å²) < 4.78 is 46.8. The van der Waals surface area contributed by atoms with Gasteiger partial charge in [-0.15, -0.1) is 0 Å². The molecule has 1 aliphatic carbocycles. The Labute approximate surface area is 215 Å². The molecule has 1 unspecified atom stereocenters. The number of carbonyl (C=O) groups is 1. The van der Waals surface area contributed by atoms with Crippen LogP contribution >= 0.6 is 0 Å². The maximum absolute atomic E-state index is 13.7. The first-order valence-electron chi connectivity index (χ1n) is 12.9. The molecule has 0 bridgehead atoms. The highest BCUT2D eigenvalue weighted by molar-refractivity contribution is 5.84. The third-order valence-electron chi connectivity index (χ3n) is 7.25. The molecule has 5 rings (SSSR count). The maximum atomic E-state index is 13.7. The van der Waals surface area contributed by atoms with Crippen LogP contribution < -0.4 is 10.1 Å². The lowest BCUT2D eigenvalue weighted by Crippen LogP contribution is -2.45. The number of amides is 1. The van der Waals surface area contributed by atoms with E-state index in [1.165, 1.54) is 6.07 Å². The SMILES string of the molecule is O=C(NC1CCCCC1)C1c2cc(C(F)(F)F)ccc2OCCN1Cc1cccc(-c2ccccc2)c1. The van der Waals surface area contributed by atoms with E-state index in [4.69, 9.17) is 4.74 Å². The van der Waals surface area contributed by atoms with Gasteiger partial charge in [0.15, 0.2) is 0 Å². The van der Waals surface area contributed by atoms with Gasteiger partial charge < -0.3 is 10.1 Å². The number of alkyl halides is 3. The van der Waals surface area contributed by atoms with Gasteiger partial charge in [0.1, 0.15) is 18.4 Å². The highest BCUT2D eigenvalue weighted by atomic mass is 19.4. The van der Waals surface area contributed by atoms with E-state index < -0.39 is 17.8 Å². The predicted octanol–water partition coefficient (Wildman–Crippen LogP) is 6.76. The molecular weight excluding hydrogens is 477 g/mol. The van der Waals surface area contributed by atoms with E-state index in [2.05, 4.69) is 11.4 Å². The number of hydrogen-bond donors (Lipinski definition) is 1. The molecule has 4 nitrogen and oxygen atoms in total. The number of nitrogens with zero attached hydrogens (tertiary/aromatic N) is 1. The van der Waals surface area contributed by atoms with Crippen molar-refractivity contribution < 1.29 is 22.7 Å². The molecule has 3 aromatic rings. The normalized spacial score (nSPS) is 18.9. The topological polar surface area (TPSA) is 41.6 Å². The fraction of sp³-hybridized carbons (Fsp3) is 0.367. The van der Waals surface area contributed by atoms with Crippen LogP contribution in [0.3, 0.4) is 0 Å². The van der Waals surface area contributed by atoms with Crippen molar-refractivity contribution in [1.29, 1.82) is 0 Å². The van der Waals surface area contributed by atoms with Crippen molar-refractivity contribution in [3.8, 4) is 16.9 Å². The highest BCUT2D eigenvalue weighted by Gasteiger charge is 2.37. The molecule has 1 heterocycles. The quantitative estimate of drug-likeness (QED) is 0.414. The molecule has 3 aromatic carbocycles. The second-order valence-corrected chi connectivity index (χ2v) is 9.88. The summed E-state index contributed by atoms with van der Waals surface area (Å²) in [5, 5.41) is 3.15. The summed E-state index contributed by atoms with van der Waals surface area (Å²) in [5.74, 6) is 0.0644. The molecule has 0 spiro atoms. The van der Waals surface area contributed by atoms with Gasteiger partial charge in [0.25, 0.3) is 0 Å². The van der Waals surface area contributed by atoms with E-state index in [0.29, 0.717) is 18.8 Å². The van der Waals surface area contributed by atoms with Crippen molar-refractivity contribution in [1.82, 2.24) is 10.2 Å². The van der Waals surface area contributed by atoms with Crippen LogP contribution in [0, 0.1) is 0 Å². The number of halogens is 3. The van der Waals surface area contributed by atoms with E-state index in [9.17, 15) is 18.0 Å². The zero-order chi connectivity index (χ0) is 25.8. The Morgan fingerprint density at radius 3 is 2.43 bits per heavy atom. The third-order valence-corrected chi connectivity index (χ3v) is 7.25. The second-order valence-electron chi connectivity index (χ2n) is 9.88. The van der Waals surface area contributed by atoms with Gasteiger partial charge in [-0.05, 0) is 53.8 Å². The van der Waals surface area contributed by atoms with Crippen molar-refractivity contribution in [2.75, 3.05) is 13.2 Å². The molecule has 1 N–H and O–H groups in total. The summed E-state index contributed by atoms with van der Waals surface area (Å²) in [4.78, 5) is 15.7. The molecule has 7 heteroatoms. The molecule has 1 aliphatic heterocycles. The largest absolute Gasteiger partial charge is 0.492 e. The van der Waals surface area contributed by atoms with Gasteiger partial charge >= 0.3 is 6.18 Å². The summed E-state index contributed by atoms with van der Waals surface area (Å²) in [6.07, 6.45) is 0.506. The molecule has 1 amide bonds. The average Bonchev–Trinajstić information content (AvgIpc) is 3.08. The predicted molar refractivity (Wildman–Crippen MR) is 137 cm³/mol. The molecule has 1 saturated carbocycles. The van der Waals surface area contributed by atoms with Gasteiger partial charge in [-0.25, -0.2) is 0 Å². The van der Waals surface area contributed by atoms with Crippen LogP contribution in [-0.2, 0) is 17.5 Å². The number of fused-ring (bicyclic) bond motifs is 1. The fourth-order valence-corrected chi connectivity index (χ4v) is 5.39. The van der Waals surface area contributed by atoms with E-state index in [-0.39, 0.29) is 24.1 Å². The summed E-state index contributed by atoms with van der Waals surface area (Å²) in [6, 6.07) is 20.7. The van der Waals surface area contributed by atoms with Gasteiger partial charge in [0.05, 0.1) is 5.56 Å². The monoisotopic (exact) mass is 508 g/mol. The first kappa shape index (κ1) is 25.3. The number of nitrogens with one attached hydrogen (secondary N) is 1. The van der Waals surface area contributed by atoms with E-state index in [0.717, 1.165) is 60.9 Å². The van der Waals surface area contributed by atoms with Gasteiger partial charge in [-0.1, -0.05) is 67.8 Å². The smallest absolute Gasteiger partial charge is 0.416 e. The molecule has 37 heavy (non-hydrogen) atoms. The lowest BCUT2D eigenvalue weighted by Gasteiger charge is -2.32. The van der Waals surface area contributed by atoms with Crippen molar-refractivity contribution in [3.63, 3.8) is 0 Å². The minimum Gasteiger partial charge on any atom is -0.492 e. The number of benzene rings is 3. The van der Waals surface area contributed by atoms with Crippen molar-refractivity contribution in [2.45, 2.75) is 56.9 Å². The Kier molecular flexibility index (Phi) is 7.51. The van der Waals surface area contributed by atoms with Gasteiger partial charge in [0.2, 0.25) is 5.91 Å². The third kappa shape index (κ3) is 5.99. The molecular formula is C30H31F3N2O2. The lowest BCUT2D eigenvalue weighted by atomic mass is 9.94. The van der Waals surface area contributed by atoms with Crippen LogP contribution in [0.2, 0.25) is 0 Å². The number of carbonyl (C=O) groups excluding carboxylic acids is 1. The molecule has 0 saturated heterocycles. The molecule has 0 radical (unpaired) electrons. The van der Waals surface area contributed by atoms with Crippen molar-refractivity contribution in [3.05, 3.63) is 89.5 Å². The Bertz CT molecular complexity index is 1220. The molecule has 1 atom stereocenters. The minimum atomic E-state index is -4.51. The first-order chi connectivity index (χ1) is 17.9. The molecule has 0 aromatic heterocycles. The van der Waals surface area contributed by atoms with Gasteiger partial charge in [-0.2, -0.15) is 13.2 Å². The lowest BCUT2D eigenvalue weighted by molar-refractivity contribution is -0.138. The summed E-state index contributed by atoms with van der Waals surface area (Å²) in [7, 11) is 0. The summed E-state index contributed by atoms with van der Waals surface area (Å²) >= 11 is 0. The number of rotatable bonds is 5. The number of ether oxygens (including phenoxy) is 1. The average molecular weight is 509 g/mol. The van der Waals surface area contributed by atoms with Crippen LogP contribution in [0.25, 0.3) is 11.1 Å². The number of hydrogen-bond acceptors (Lipinski definition) is 3.